The van der Waals surface area contributed by atoms with Crippen LogP contribution in [0.1, 0.15) is 15.9 Å². The van der Waals surface area contributed by atoms with E-state index >= 15 is 0 Å². The summed E-state index contributed by atoms with van der Waals surface area (Å²) in [7, 11) is 0. The topological polar surface area (TPSA) is 76.2 Å². The largest absolute Gasteiger partial charge is 0.573 e. The summed E-state index contributed by atoms with van der Waals surface area (Å²) in [5.41, 5.74) is 1.96. The van der Waals surface area contributed by atoms with Crippen LogP contribution in [0, 0.1) is 0 Å². The van der Waals surface area contributed by atoms with E-state index < -0.39 is 18.0 Å². The molecule has 0 saturated carbocycles. The second-order valence-corrected chi connectivity index (χ2v) is 7.16. The smallest absolute Gasteiger partial charge is 0.489 e. The molecule has 10 heteroatoms. The number of nitrogens with zero attached hydrogens (tertiary/aromatic N) is 1. The number of aromatic nitrogens is 2. The molecule has 32 heavy (non-hydrogen) atoms. The van der Waals surface area contributed by atoms with Crippen molar-refractivity contribution in [2.75, 3.05) is 5.32 Å². The third kappa shape index (κ3) is 5.30. The van der Waals surface area contributed by atoms with Crippen molar-refractivity contribution < 1.29 is 27.4 Å². The van der Waals surface area contributed by atoms with Gasteiger partial charge in [0.2, 0.25) is 0 Å². The highest BCUT2D eigenvalue weighted by Gasteiger charge is 2.31. The fraction of sp³-hybridized carbons (Fsp3) is 0.0909. The molecule has 0 atom stereocenters. The lowest BCUT2D eigenvalue weighted by Crippen LogP contribution is -2.18. The Hall–Kier alpha value is -3.72. The second-order valence-electron chi connectivity index (χ2n) is 6.75. The molecule has 1 aromatic heterocycles. The van der Waals surface area contributed by atoms with E-state index in [1.54, 1.807) is 24.4 Å². The number of carbonyl (C=O) groups is 1. The summed E-state index contributed by atoms with van der Waals surface area (Å²) in [5.74, 6) is -0.456. The zero-order valence-corrected chi connectivity index (χ0v) is 17.0. The lowest BCUT2D eigenvalue weighted by atomic mass is 10.1. The van der Waals surface area contributed by atoms with E-state index in [2.05, 4.69) is 20.3 Å². The van der Waals surface area contributed by atoms with Crippen LogP contribution in [-0.4, -0.2) is 22.5 Å². The van der Waals surface area contributed by atoms with Crippen molar-refractivity contribution in [2.45, 2.75) is 13.0 Å². The highest BCUT2D eigenvalue weighted by atomic mass is 35.5. The zero-order valence-electron chi connectivity index (χ0n) is 16.2. The number of carbonyl (C=O) groups excluding carboxylic acids is 1. The predicted molar refractivity (Wildman–Crippen MR) is 113 cm³/mol. The number of nitrogens with one attached hydrogen (secondary N) is 2. The molecule has 0 radical (unpaired) electrons. The molecule has 0 aliphatic rings. The molecule has 0 spiro atoms. The highest BCUT2D eigenvalue weighted by molar-refractivity contribution is 6.34. The molecule has 1 amide bonds. The Bertz CT molecular complexity index is 1270. The number of alkyl halides is 3. The normalized spacial score (nSPS) is 11.4. The maximum atomic E-state index is 12.4. The van der Waals surface area contributed by atoms with E-state index in [4.69, 9.17) is 16.3 Å². The number of anilines is 1. The van der Waals surface area contributed by atoms with Crippen LogP contribution in [0.3, 0.4) is 0 Å². The average molecular weight is 462 g/mol. The summed E-state index contributed by atoms with van der Waals surface area (Å²) in [6.07, 6.45) is -3.15. The quantitative estimate of drug-likeness (QED) is 0.372. The van der Waals surface area contributed by atoms with E-state index in [0.29, 0.717) is 11.4 Å². The van der Waals surface area contributed by atoms with Gasteiger partial charge in [-0.05, 0) is 54.1 Å². The van der Waals surface area contributed by atoms with Crippen LogP contribution >= 0.6 is 11.6 Å². The molecular weight excluding hydrogens is 447 g/mol. The number of amides is 1. The summed E-state index contributed by atoms with van der Waals surface area (Å²) >= 11 is 6.27. The summed E-state index contributed by atoms with van der Waals surface area (Å²) in [4.78, 5) is 12.4. The number of halogens is 4. The van der Waals surface area contributed by atoms with Crippen LogP contribution in [0.2, 0.25) is 5.02 Å². The van der Waals surface area contributed by atoms with E-state index in [9.17, 15) is 18.0 Å². The fourth-order valence-corrected chi connectivity index (χ4v) is 3.21. The molecule has 0 aliphatic carbocycles. The SMILES string of the molecule is O=C(Nc1ccc(COc2ccc3[nH]ncc3c2)cc1Cl)c1cccc(OC(F)(F)F)c1. The third-order valence-electron chi connectivity index (χ3n) is 4.43. The Labute approximate surface area is 184 Å². The minimum Gasteiger partial charge on any atom is -0.489 e. The summed E-state index contributed by atoms with van der Waals surface area (Å²) in [5, 5.41) is 10.6. The fourth-order valence-electron chi connectivity index (χ4n) is 2.96. The van der Waals surface area contributed by atoms with Crippen LogP contribution in [0.15, 0.2) is 66.9 Å². The van der Waals surface area contributed by atoms with E-state index in [0.717, 1.165) is 28.6 Å². The van der Waals surface area contributed by atoms with Gasteiger partial charge < -0.3 is 14.8 Å². The molecule has 164 valence electrons. The van der Waals surface area contributed by atoms with Gasteiger partial charge in [0.25, 0.3) is 5.91 Å². The van der Waals surface area contributed by atoms with Crippen molar-refractivity contribution in [3.8, 4) is 11.5 Å². The summed E-state index contributed by atoms with van der Waals surface area (Å²) in [6.45, 7) is 0.244. The van der Waals surface area contributed by atoms with Crippen molar-refractivity contribution in [3.05, 3.63) is 83.0 Å². The number of hydrogen-bond acceptors (Lipinski definition) is 4. The Morgan fingerprint density at radius 2 is 1.91 bits per heavy atom. The van der Waals surface area contributed by atoms with Crippen LogP contribution in [0.5, 0.6) is 11.5 Å². The van der Waals surface area contributed by atoms with E-state index in [1.165, 1.54) is 12.1 Å². The van der Waals surface area contributed by atoms with Gasteiger partial charge in [-0.2, -0.15) is 5.10 Å². The van der Waals surface area contributed by atoms with Crippen molar-refractivity contribution in [1.29, 1.82) is 0 Å². The lowest BCUT2D eigenvalue weighted by molar-refractivity contribution is -0.274. The zero-order chi connectivity index (χ0) is 22.7. The maximum Gasteiger partial charge on any atom is 0.573 e. The Morgan fingerprint density at radius 1 is 1.06 bits per heavy atom. The first-order valence-electron chi connectivity index (χ1n) is 9.28. The van der Waals surface area contributed by atoms with Crippen molar-refractivity contribution in [2.24, 2.45) is 0 Å². The van der Waals surface area contributed by atoms with Gasteiger partial charge in [-0.3, -0.25) is 9.89 Å². The third-order valence-corrected chi connectivity index (χ3v) is 4.74. The van der Waals surface area contributed by atoms with Gasteiger partial charge in [0.1, 0.15) is 18.1 Å². The van der Waals surface area contributed by atoms with E-state index in [1.807, 2.05) is 18.2 Å². The average Bonchev–Trinajstić information content (AvgIpc) is 3.21. The first-order valence-corrected chi connectivity index (χ1v) is 9.66. The first-order chi connectivity index (χ1) is 15.3. The van der Waals surface area contributed by atoms with Crippen molar-refractivity contribution >= 4 is 34.1 Å². The Kier molecular flexibility index (Phi) is 5.91. The summed E-state index contributed by atoms with van der Waals surface area (Å²) in [6, 6.07) is 15.2. The molecule has 3 aromatic carbocycles. The van der Waals surface area contributed by atoms with Gasteiger partial charge in [0.05, 0.1) is 22.4 Å². The molecule has 4 rings (SSSR count). The second kappa shape index (κ2) is 8.80. The van der Waals surface area contributed by atoms with Crippen molar-refractivity contribution in [3.63, 3.8) is 0 Å². The molecular formula is C22H15ClF3N3O3. The van der Waals surface area contributed by atoms with Crippen LogP contribution in [-0.2, 0) is 6.61 Å². The van der Waals surface area contributed by atoms with Gasteiger partial charge in [0, 0.05) is 10.9 Å². The summed E-state index contributed by atoms with van der Waals surface area (Å²) < 4.78 is 46.8. The number of fused-ring (bicyclic) bond motifs is 1. The number of hydrogen-bond donors (Lipinski definition) is 2. The van der Waals surface area contributed by atoms with Gasteiger partial charge in [-0.25, -0.2) is 0 Å². The number of rotatable bonds is 6. The molecule has 0 bridgehead atoms. The molecule has 2 N–H and O–H groups in total. The van der Waals surface area contributed by atoms with Gasteiger partial charge in [-0.15, -0.1) is 13.2 Å². The molecule has 0 unspecified atom stereocenters. The molecule has 1 heterocycles. The minimum absolute atomic E-state index is 0.00938. The van der Waals surface area contributed by atoms with Crippen LogP contribution in [0.25, 0.3) is 10.9 Å². The molecule has 6 nitrogen and oxygen atoms in total. The molecule has 0 fully saturated rings. The monoisotopic (exact) mass is 461 g/mol. The van der Waals surface area contributed by atoms with Gasteiger partial charge in [0.15, 0.2) is 0 Å². The number of H-pyrrole nitrogens is 1. The number of aromatic amines is 1. The molecule has 0 aliphatic heterocycles. The Morgan fingerprint density at radius 3 is 2.69 bits per heavy atom. The van der Waals surface area contributed by atoms with Crippen molar-refractivity contribution in [1.82, 2.24) is 10.2 Å². The van der Waals surface area contributed by atoms with E-state index in [-0.39, 0.29) is 17.2 Å². The maximum absolute atomic E-state index is 12.4. The van der Waals surface area contributed by atoms with Crippen LogP contribution < -0.4 is 14.8 Å². The highest BCUT2D eigenvalue weighted by Crippen LogP contribution is 2.27. The Balaban J connectivity index is 1.40. The van der Waals surface area contributed by atoms with Gasteiger partial charge in [-0.1, -0.05) is 23.7 Å². The predicted octanol–water partition coefficient (Wildman–Crippen LogP) is 5.95. The minimum atomic E-state index is -4.85. The first kappa shape index (κ1) is 21.5. The van der Waals surface area contributed by atoms with Crippen LogP contribution in [0.4, 0.5) is 18.9 Å². The molecule has 0 saturated heterocycles. The number of benzene rings is 3. The number of ether oxygens (including phenoxy) is 2. The standard InChI is InChI=1S/C22H15ClF3N3O3/c23-18-8-13(12-31-16-5-7-19-15(10-16)11-27-29-19)4-6-20(18)28-21(30)14-2-1-3-17(9-14)32-22(24,25)26/h1-11H,12H2,(H,27,29)(H,28,30). The van der Waals surface area contributed by atoms with Gasteiger partial charge >= 0.3 is 6.36 Å². The lowest BCUT2D eigenvalue weighted by Gasteiger charge is -2.12. The molecule has 4 aromatic rings.